The maximum absolute atomic E-state index is 11.8. The first-order valence-corrected chi connectivity index (χ1v) is 6.22. The molecule has 4 N–H and O–H groups in total. The second-order valence-electron chi connectivity index (χ2n) is 5.35. The number of hydrogen-bond donors (Lipinski definition) is 3. The van der Waals surface area contributed by atoms with Crippen molar-refractivity contribution in [1.29, 1.82) is 0 Å². The number of carbonyl (C=O) groups is 2. The molecule has 1 heterocycles. The van der Waals surface area contributed by atoms with Crippen molar-refractivity contribution < 1.29 is 19.4 Å². The quantitative estimate of drug-likeness (QED) is 0.656. The van der Waals surface area contributed by atoms with Crippen LogP contribution in [0.4, 0.5) is 0 Å². The standard InChI is InChI=1S/C12H22N2O4/c1-12(2)7-8(5-6-18-12)14-11(17)9(13)3-4-10(15)16/h8-9H,3-7,13H2,1-2H3,(H,14,17)(H,15,16). The number of amides is 1. The Morgan fingerprint density at radius 1 is 1.56 bits per heavy atom. The van der Waals surface area contributed by atoms with Gasteiger partial charge in [-0.05, 0) is 33.1 Å². The number of ether oxygens (including phenoxy) is 1. The van der Waals surface area contributed by atoms with E-state index in [0.717, 1.165) is 12.8 Å². The van der Waals surface area contributed by atoms with Crippen LogP contribution in [0.2, 0.25) is 0 Å². The molecule has 18 heavy (non-hydrogen) atoms. The maximum Gasteiger partial charge on any atom is 0.303 e. The van der Waals surface area contributed by atoms with Gasteiger partial charge in [-0.2, -0.15) is 0 Å². The molecule has 1 saturated heterocycles. The minimum Gasteiger partial charge on any atom is -0.481 e. The predicted octanol–water partition coefficient (Wildman–Crippen LogP) is 0.252. The molecule has 2 atom stereocenters. The highest BCUT2D eigenvalue weighted by atomic mass is 16.5. The number of carbonyl (C=O) groups excluding carboxylic acids is 1. The van der Waals surface area contributed by atoms with E-state index in [1.807, 2.05) is 13.8 Å². The highest BCUT2D eigenvalue weighted by Crippen LogP contribution is 2.23. The third-order valence-corrected chi connectivity index (χ3v) is 3.05. The summed E-state index contributed by atoms with van der Waals surface area (Å²) >= 11 is 0. The number of carboxylic acid groups (broad SMARTS) is 1. The van der Waals surface area contributed by atoms with E-state index in [2.05, 4.69) is 5.32 Å². The smallest absolute Gasteiger partial charge is 0.303 e. The monoisotopic (exact) mass is 258 g/mol. The normalized spacial score (nSPS) is 24.3. The average Bonchev–Trinajstić information content (AvgIpc) is 2.24. The molecular weight excluding hydrogens is 236 g/mol. The SMILES string of the molecule is CC1(C)CC(NC(=O)C(N)CCC(=O)O)CCO1. The first-order valence-electron chi connectivity index (χ1n) is 6.22. The van der Waals surface area contributed by atoms with E-state index in [4.69, 9.17) is 15.6 Å². The zero-order chi connectivity index (χ0) is 13.8. The van der Waals surface area contributed by atoms with Gasteiger partial charge in [0, 0.05) is 19.1 Å². The van der Waals surface area contributed by atoms with Crippen molar-refractivity contribution >= 4 is 11.9 Å². The molecule has 0 aliphatic carbocycles. The summed E-state index contributed by atoms with van der Waals surface area (Å²) in [6, 6.07) is -0.704. The van der Waals surface area contributed by atoms with E-state index in [1.54, 1.807) is 0 Å². The number of nitrogens with one attached hydrogen (secondary N) is 1. The van der Waals surface area contributed by atoms with Gasteiger partial charge in [0.2, 0.25) is 5.91 Å². The number of aliphatic carboxylic acids is 1. The molecule has 1 aliphatic rings. The number of rotatable bonds is 5. The van der Waals surface area contributed by atoms with Gasteiger partial charge in [0.15, 0.2) is 0 Å². The molecule has 0 bridgehead atoms. The van der Waals surface area contributed by atoms with Gasteiger partial charge in [-0.1, -0.05) is 0 Å². The van der Waals surface area contributed by atoms with Gasteiger partial charge in [0.05, 0.1) is 11.6 Å². The lowest BCUT2D eigenvalue weighted by molar-refractivity contribution is -0.137. The van der Waals surface area contributed by atoms with Crippen LogP contribution in [0.15, 0.2) is 0 Å². The fraction of sp³-hybridized carbons (Fsp3) is 0.833. The Hall–Kier alpha value is -1.14. The van der Waals surface area contributed by atoms with E-state index in [0.29, 0.717) is 6.61 Å². The van der Waals surface area contributed by atoms with Crippen LogP contribution >= 0.6 is 0 Å². The van der Waals surface area contributed by atoms with Crippen molar-refractivity contribution in [2.24, 2.45) is 5.73 Å². The minimum atomic E-state index is -0.939. The Kier molecular flexibility index (Phi) is 5.10. The predicted molar refractivity (Wildman–Crippen MR) is 66.0 cm³/mol. The molecule has 0 aromatic rings. The highest BCUT2D eigenvalue weighted by molar-refractivity contribution is 5.82. The summed E-state index contributed by atoms with van der Waals surface area (Å²) in [4.78, 5) is 22.2. The zero-order valence-electron chi connectivity index (χ0n) is 10.9. The fourth-order valence-corrected chi connectivity index (χ4v) is 2.07. The van der Waals surface area contributed by atoms with Crippen molar-refractivity contribution in [2.75, 3.05) is 6.61 Å². The molecular formula is C12H22N2O4. The fourth-order valence-electron chi connectivity index (χ4n) is 2.07. The Balaban J connectivity index is 2.37. The molecule has 0 aromatic carbocycles. The summed E-state index contributed by atoms with van der Waals surface area (Å²) in [7, 11) is 0. The van der Waals surface area contributed by atoms with E-state index in [9.17, 15) is 9.59 Å². The van der Waals surface area contributed by atoms with Gasteiger partial charge in [0.1, 0.15) is 0 Å². The van der Waals surface area contributed by atoms with Crippen LogP contribution in [0.25, 0.3) is 0 Å². The van der Waals surface area contributed by atoms with E-state index < -0.39 is 12.0 Å². The van der Waals surface area contributed by atoms with E-state index in [1.165, 1.54) is 0 Å². The minimum absolute atomic E-state index is 0.0529. The van der Waals surface area contributed by atoms with Gasteiger partial charge >= 0.3 is 5.97 Å². The molecule has 6 heteroatoms. The van der Waals surface area contributed by atoms with Crippen LogP contribution in [-0.2, 0) is 14.3 Å². The highest BCUT2D eigenvalue weighted by Gasteiger charge is 2.30. The van der Waals surface area contributed by atoms with Gasteiger partial charge < -0.3 is 20.9 Å². The molecule has 2 unspecified atom stereocenters. The zero-order valence-corrected chi connectivity index (χ0v) is 10.9. The molecule has 104 valence electrons. The third kappa shape index (κ3) is 5.01. The molecule has 0 spiro atoms. The molecule has 6 nitrogen and oxygen atoms in total. The van der Waals surface area contributed by atoms with Crippen LogP contribution in [0.5, 0.6) is 0 Å². The molecule has 0 radical (unpaired) electrons. The lowest BCUT2D eigenvalue weighted by atomic mass is 9.93. The topological polar surface area (TPSA) is 102 Å². The number of hydrogen-bond acceptors (Lipinski definition) is 4. The van der Waals surface area contributed by atoms with Gasteiger partial charge in [0.25, 0.3) is 0 Å². The molecule has 0 saturated carbocycles. The van der Waals surface area contributed by atoms with Crippen molar-refractivity contribution in [3.63, 3.8) is 0 Å². The van der Waals surface area contributed by atoms with Gasteiger partial charge in [-0.25, -0.2) is 0 Å². The second-order valence-corrected chi connectivity index (χ2v) is 5.35. The Morgan fingerprint density at radius 3 is 2.78 bits per heavy atom. The van der Waals surface area contributed by atoms with E-state index in [-0.39, 0.29) is 30.4 Å². The van der Waals surface area contributed by atoms with Gasteiger partial charge in [-0.15, -0.1) is 0 Å². The van der Waals surface area contributed by atoms with Crippen LogP contribution in [-0.4, -0.2) is 41.3 Å². The number of carboxylic acids is 1. The lowest BCUT2D eigenvalue weighted by Crippen LogP contribution is -2.50. The summed E-state index contributed by atoms with van der Waals surface area (Å²) in [5, 5.41) is 11.4. The van der Waals surface area contributed by atoms with Crippen molar-refractivity contribution in [1.82, 2.24) is 5.32 Å². The first-order chi connectivity index (χ1) is 8.30. The van der Waals surface area contributed by atoms with E-state index >= 15 is 0 Å². The first kappa shape index (κ1) is 14.9. The Labute approximate surface area is 107 Å². The van der Waals surface area contributed by atoms with Crippen LogP contribution in [0.1, 0.15) is 39.5 Å². The van der Waals surface area contributed by atoms with Gasteiger partial charge in [-0.3, -0.25) is 9.59 Å². The average molecular weight is 258 g/mol. The summed E-state index contributed by atoms with van der Waals surface area (Å²) in [6.45, 7) is 4.58. The van der Waals surface area contributed by atoms with Crippen molar-refractivity contribution in [3.8, 4) is 0 Å². The lowest BCUT2D eigenvalue weighted by Gasteiger charge is -2.36. The molecule has 1 aliphatic heterocycles. The third-order valence-electron chi connectivity index (χ3n) is 3.05. The van der Waals surface area contributed by atoms with Crippen LogP contribution in [0.3, 0.4) is 0 Å². The summed E-state index contributed by atoms with van der Waals surface area (Å²) in [5.74, 6) is -1.22. The van der Waals surface area contributed by atoms with Crippen molar-refractivity contribution in [2.45, 2.75) is 57.2 Å². The summed E-state index contributed by atoms with van der Waals surface area (Å²) < 4.78 is 5.56. The molecule has 1 fully saturated rings. The summed E-state index contributed by atoms with van der Waals surface area (Å²) in [5.41, 5.74) is 5.41. The molecule has 1 amide bonds. The van der Waals surface area contributed by atoms with Crippen LogP contribution in [0, 0.1) is 0 Å². The second kappa shape index (κ2) is 6.15. The maximum atomic E-state index is 11.8. The molecule has 1 rings (SSSR count). The van der Waals surface area contributed by atoms with Crippen molar-refractivity contribution in [3.05, 3.63) is 0 Å². The summed E-state index contributed by atoms with van der Waals surface area (Å²) in [6.07, 6.45) is 1.58. The Bertz CT molecular complexity index is 317. The largest absolute Gasteiger partial charge is 0.481 e. The molecule has 0 aromatic heterocycles. The number of nitrogens with two attached hydrogens (primary N) is 1. The Morgan fingerprint density at radius 2 is 2.22 bits per heavy atom. The van der Waals surface area contributed by atoms with Crippen LogP contribution < -0.4 is 11.1 Å².